The molecule has 0 aromatic heterocycles. The number of carbonyl (C=O) groups excluding carboxylic acids is 1. The fourth-order valence-electron chi connectivity index (χ4n) is 4.18. The molecule has 0 atom stereocenters. The fraction of sp³-hybridized carbons (Fsp3) is 0.269. The lowest BCUT2D eigenvalue weighted by Crippen LogP contribution is -2.44. The van der Waals surface area contributed by atoms with Crippen molar-refractivity contribution >= 4 is 18.4 Å². The SMILES string of the molecule is CN1CCC(OC(=O)C(c2ccccc2)c2ccccc2)(c2ccccc2)CC1.Cl. The monoisotopic (exact) mass is 421 g/mol. The molecule has 3 nitrogen and oxygen atoms in total. The number of nitrogens with zero attached hydrogens (tertiary/aromatic N) is 1. The Bertz CT molecular complexity index is 884. The summed E-state index contributed by atoms with van der Waals surface area (Å²) in [6.45, 7) is 1.81. The summed E-state index contributed by atoms with van der Waals surface area (Å²) < 4.78 is 6.42. The second kappa shape index (κ2) is 9.92. The molecule has 0 radical (unpaired) electrons. The quantitative estimate of drug-likeness (QED) is 0.516. The molecule has 0 bridgehead atoms. The number of esters is 1. The Hall–Kier alpha value is -2.62. The molecule has 0 aliphatic carbocycles. The van der Waals surface area contributed by atoms with Crippen LogP contribution in [0, 0.1) is 0 Å². The first-order valence-corrected chi connectivity index (χ1v) is 10.2. The molecule has 1 heterocycles. The maximum absolute atomic E-state index is 13.6. The van der Waals surface area contributed by atoms with Gasteiger partial charge in [0.25, 0.3) is 0 Å². The van der Waals surface area contributed by atoms with E-state index in [-0.39, 0.29) is 18.4 Å². The van der Waals surface area contributed by atoms with Gasteiger partial charge in [-0.3, -0.25) is 4.79 Å². The van der Waals surface area contributed by atoms with Crippen molar-refractivity contribution in [2.75, 3.05) is 20.1 Å². The highest BCUT2D eigenvalue weighted by atomic mass is 35.5. The van der Waals surface area contributed by atoms with E-state index in [4.69, 9.17) is 4.74 Å². The molecule has 4 rings (SSSR count). The zero-order chi connectivity index (χ0) is 20.1. The molecule has 30 heavy (non-hydrogen) atoms. The van der Waals surface area contributed by atoms with Crippen LogP contribution < -0.4 is 0 Å². The third kappa shape index (κ3) is 4.75. The van der Waals surface area contributed by atoms with E-state index >= 15 is 0 Å². The summed E-state index contributed by atoms with van der Waals surface area (Å²) in [5, 5.41) is 0. The first-order valence-electron chi connectivity index (χ1n) is 10.2. The van der Waals surface area contributed by atoms with Gasteiger partial charge in [-0.2, -0.15) is 0 Å². The predicted molar refractivity (Wildman–Crippen MR) is 123 cm³/mol. The summed E-state index contributed by atoms with van der Waals surface area (Å²) >= 11 is 0. The maximum Gasteiger partial charge on any atom is 0.318 e. The number of hydrogen-bond acceptors (Lipinski definition) is 3. The van der Waals surface area contributed by atoms with Crippen LogP contribution in [-0.4, -0.2) is 31.0 Å². The molecule has 1 aliphatic rings. The van der Waals surface area contributed by atoms with Crippen LogP contribution in [0.15, 0.2) is 91.0 Å². The Labute approximate surface area is 185 Å². The van der Waals surface area contributed by atoms with E-state index in [1.807, 2.05) is 78.9 Å². The number of benzene rings is 3. The molecule has 0 N–H and O–H groups in total. The predicted octanol–water partition coefficient (Wildman–Crippen LogP) is 5.40. The minimum absolute atomic E-state index is 0. The minimum atomic E-state index is -0.577. The van der Waals surface area contributed by atoms with Crippen LogP contribution >= 0.6 is 12.4 Å². The number of likely N-dealkylation sites (tertiary alicyclic amines) is 1. The molecular formula is C26H28ClNO2. The Balaban J connectivity index is 0.00000256. The third-order valence-corrected chi connectivity index (χ3v) is 5.89. The van der Waals surface area contributed by atoms with Gasteiger partial charge in [-0.15, -0.1) is 12.4 Å². The number of carbonyl (C=O) groups is 1. The first kappa shape index (κ1) is 22.1. The van der Waals surface area contributed by atoms with Crippen molar-refractivity contribution in [3.05, 3.63) is 108 Å². The standard InChI is InChI=1S/C26H27NO2.ClH/c1-27-19-17-26(18-20-27,23-15-9-4-10-16-23)29-25(28)24(21-11-5-2-6-12-21)22-13-7-3-8-14-22;/h2-16,24H,17-20H2,1H3;1H. The van der Waals surface area contributed by atoms with E-state index in [1.165, 1.54) is 0 Å². The maximum atomic E-state index is 13.6. The molecule has 0 saturated carbocycles. The summed E-state index contributed by atoms with van der Waals surface area (Å²) in [4.78, 5) is 15.9. The largest absolute Gasteiger partial charge is 0.453 e. The van der Waals surface area contributed by atoms with E-state index in [1.54, 1.807) is 0 Å². The highest BCUT2D eigenvalue weighted by Crippen LogP contribution is 2.39. The van der Waals surface area contributed by atoms with Gasteiger partial charge in [-0.05, 0) is 23.7 Å². The van der Waals surface area contributed by atoms with Gasteiger partial charge in [0.1, 0.15) is 11.5 Å². The normalized spacial score (nSPS) is 15.9. The highest BCUT2D eigenvalue weighted by Gasteiger charge is 2.41. The van der Waals surface area contributed by atoms with E-state index in [0.29, 0.717) is 0 Å². The molecule has 0 unspecified atom stereocenters. The van der Waals surface area contributed by atoms with Crippen LogP contribution in [0.25, 0.3) is 0 Å². The lowest BCUT2D eigenvalue weighted by atomic mass is 9.83. The number of rotatable bonds is 5. The van der Waals surface area contributed by atoms with E-state index in [0.717, 1.165) is 42.6 Å². The topological polar surface area (TPSA) is 29.5 Å². The molecule has 0 spiro atoms. The summed E-state index contributed by atoms with van der Waals surface area (Å²) in [6, 6.07) is 30.1. The van der Waals surface area contributed by atoms with Crippen LogP contribution in [-0.2, 0) is 15.1 Å². The van der Waals surface area contributed by atoms with Gasteiger partial charge in [0.05, 0.1) is 0 Å². The Morgan fingerprint density at radius 3 is 1.70 bits per heavy atom. The van der Waals surface area contributed by atoms with Crippen LogP contribution in [0.5, 0.6) is 0 Å². The number of ether oxygens (including phenoxy) is 1. The van der Waals surface area contributed by atoms with Crippen LogP contribution in [0.2, 0.25) is 0 Å². The molecular weight excluding hydrogens is 394 g/mol. The van der Waals surface area contributed by atoms with E-state index in [9.17, 15) is 4.79 Å². The van der Waals surface area contributed by atoms with Crippen LogP contribution in [0.3, 0.4) is 0 Å². The van der Waals surface area contributed by atoms with Gasteiger partial charge in [0, 0.05) is 25.9 Å². The third-order valence-electron chi connectivity index (χ3n) is 5.89. The average molecular weight is 422 g/mol. The summed E-state index contributed by atoms with van der Waals surface area (Å²) in [5.41, 5.74) is 2.42. The summed E-state index contributed by atoms with van der Waals surface area (Å²) in [6.07, 6.45) is 1.60. The Morgan fingerprint density at radius 1 is 0.800 bits per heavy atom. The smallest absolute Gasteiger partial charge is 0.318 e. The lowest BCUT2D eigenvalue weighted by Gasteiger charge is -2.41. The average Bonchev–Trinajstić information content (AvgIpc) is 2.78. The molecule has 1 fully saturated rings. The lowest BCUT2D eigenvalue weighted by molar-refractivity contribution is -0.167. The van der Waals surface area contributed by atoms with Crippen molar-refractivity contribution in [1.29, 1.82) is 0 Å². The highest BCUT2D eigenvalue weighted by molar-refractivity contribution is 5.85. The second-order valence-corrected chi connectivity index (χ2v) is 7.84. The summed E-state index contributed by atoms with van der Waals surface area (Å²) in [5.74, 6) is -0.617. The zero-order valence-electron chi connectivity index (χ0n) is 17.2. The number of halogens is 1. The first-order chi connectivity index (χ1) is 14.2. The van der Waals surface area contributed by atoms with Gasteiger partial charge in [-0.25, -0.2) is 0 Å². The summed E-state index contributed by atoms with van der Waals surface area (Å²) in [7, 11) is 2.12. The van der Waals surface area contributed by atoms with E-state index < -0.39 is 11.5 Å². The van der Waals surface area contributed by atoms with Gasteiger partial charge in [-0.1, -0.05) is 91.0 Å². The molecule has 0 amide bonds. The van der Waals surface area contributed by atoms with Crippen molar-refractivity contribution in [3.63, 3.8) is 0 Å². The van der Waals surface area contributed by atoms with Gasteiger partial charge >= 0.3 is 5.97 Å². The van der Waals surface area contributed by atoms with Crippen LogP contribution in [0.4, 0.5) is 0 Å². The number of piperidine rings is 1. The Morgan fingerprint density at radius 2 is 1.23 bits per heavy atom. The number of hydrogen-bond donors (Lipinski definition) is 0. The van der Waals surface area contributed by atoms with Gasteiger partial charge in [0.2, 0.25) is 0 Å². The molecule has 156 valence electrons. The fourth-order valence-corrected chi connectivity index (χ4v) is 4.18. The van der Waals surface area contributed by atoms with Gasteiger partial charge in [0.15, 0.2) is 0 Å². The molecule has 1 saturated heterocycles. The van der Waals surface area contributed by atoms with Crippen molar-refractivity contribution in [1.82, 2.24) is 4.90 Å². The van der Waals surface area contributed by atoms with Crippen LogP contribution in [0.1, 0.15) is 35.4 Å². The van der Waals surface area contributed by atoms with E-state index in [2.05, 4.69) is 24.1 Å². The molecule has 1 aliphatic heterocycles. The van der Waals surface area contributed by atoms with Crippen molar-refractivity contribution in [3.8, 4) is 0 Å². The molecule has 3 aromatic rings. The van der Waals surface area contributed by atoms with Crippen molar-refractivity contribution < 1.29 is 9.53 Å². The zero-order valence-corrected chi connectivity index (χ0v) is 18.1. The molecule has 4 heteroatoms. The van der Waals surface area contributed by atoms with Gasteiger partial charge < -0.3 is 9.64 Å². The van der Waals surface area contributed by atoms with Crippen molar-refractivity contribution in [2.45, 2.75) is 24.4 Å². The molecule has 3 aromatic carbocycles. The minimum Gasteiger partial charge on any atom is -0.453 e. The Kier molecular flexibility index (Phi) is 7.30. The van der Waals surface area contributed by atoms with Crippen molar-refractivity contribution in [2.24, 2.45) is 0 Å². The second-order valence-electron chi connectivity index (χ2n) is 7.84.